The molecule has 0 amide bonds. The lowest BCUT2D eigenvalue weighted by atomic mass is 9.81. The largest absolute Gasteiger partial charge is 0.573 e. The predicted octanol–water partition coefficient (Wildman–Crippen LogP) is 7.33. The maximum atomic E-state index is 14.4. The van der Waals surface area contributed by atoms with E-state index in [0.29, 0.717) is 37.7 Å². The number of fused-ring (bicyclic) bond motifs is 1. The van der Waals surface area contributed by atoms with Crippen LogP contribution >= 0.6 is 0 Å². The Bertz CT molecular complexity index is 836. The zero-order valence-electron chi connectivity index (χ0n) is 17.1. The molecule has 0 fully saturated rings. The quantitative estimate of drug-likeness (QED) is 0.317. The molecule has 0 heterocycles. The summed E-state index contributed by atoms with van der Waals surface area (Å²) in [7, 11) is 0. The molecule has 1 atom stereocenters. The highest BCUT2D eigenvalue weighted by Crippen LogP contribution is 2.33. The smallest absolute Gasteiger partial charge is 0.406 e. The highest BCUT2D eigenvalue weighted by atomic mass is 19.4. The zero-order chi connectivity index (χ0) is 21.7. The first-order valence-electron chi connectivity index (χ1n) is 10.6. The standard InChI is InChI=1S/C24H27F5O/c1-2-3-4-5-17-13-22(25)21(23(26)14-17)11-7-16-6-8-19-15-20(30-24(27,28)29)10-9-18(19)12-16/h9-10,13-16H,2-8,11-12H2,1H3. The van der Waals surface area contributed by atoms with Crippen LogP contribution in [0.2, 0.25) is 0 Å². The van der Waals surface area contributed by atoms with Crippen LogP contribution in [0.1, 0.15) is 61.3 Å². The van der Waals surface area contributed by atoms with Gasteiger partial charge in [0.25, 0.3) is 0 Å². The monoisotopic (exact) mass is 426 g/mol. The van der Waals surface area contributed by atoms with Crippen LogP contribution in [0.3, 0.4) is 0 Å². The van der Waals surface area contributed by atoms with Gasteiger partial charge in [-0.15, -0.1) is 13.2 Å². The summed E-state index contributed by atoms with van der Waals surface area (Å²) in [5.74, 6) is -0.920. The number of alkyl halides is 3. The van der Waals surface area contributed by atoms with Crippen molar-refractivity contribution in [3.63, 3.8) is 0 Å². The summed E-state index contributed by atoms with van der Waals surface area (Å²) >= 11 is 0. The number of benzene rings is 2. The number of ether oxygens (including phenoxy) is 1. The lowest BCUT2D eigenvalue weighted by molar-refractivity contribution is -0.274. The highest BCUT2D eigenvalue weighted by molar-refractivity contribution is 5.37. The Morgan fingerprint density at radius 3 is 2.37 bits per heavy atom. The summed E-state index contributed by atoms with van der Waals surface area (Å²) in [4.78, 5) is 0. The molecule has 0 spiro atoms. The lowest BCUT2D eigenvalue weighted by Gasteiger charge is -2.25. The second kappa shape index (κ2) is 9.80. The van der Waals surface area contributed by atoms with Gasteiger partial charge in [-0.2, -0.15) is 0 Å². The Morgan fingerprint density at radius 1 is 0.967 bits per heavy atom. The van der Waals surface area contributed by atoms with E-state index in [1.165, 1.54) is 24.3 Å². The van der Waals surface area contributed by atoms with Crippen molar-refractivity contribution < 1.29 is 26.7 Å². The average Bonchev–Trinajstić information content (AvgIpc) is 2.66. The number of aryl methyl sites for hydroxylation is 2. The van der Waals surface area contributed by atoms with Gasteiger partial charge in [-0.25, -0.2) is 8.78 Å². The van der Waals surface area contributed by atoms with Crippen molar-refractivity contribution >= 4 is 0 Å². The predicted molar refractivity (Wildman–Crippen MR) is 107 cm³/mol. The normalized spacial score (nSPS) is 16.4. The van der Waals surface area contributed by atoms with Crippen LogP contribution in [0.4, 0.5) is 22.0 Å². The van der Waals surface area contributed by atoms with Crippen LogP contribution < -0.4 is 4.74 Å². The van der Waals surface area contributed by atoms with Gasteiger partial charge >= 0.3 is 6.36 Å². The second-order valence-electron chi connectivity index (χ2n) is 8.12. The Hall–Kier alpha value is -2.11. The molecule has 1 aliphatic rings. The molecule has 2 aromatic rings. The Morgan fingerprint density at radius 2 is 1.70 bits per heavy atom. The molecule has 2 aromatic carbocycles. The van der Waals surface area contributed by atoms with E-state index in [1.807, 2.05) is 0 Å². The van der Waals surface area contributed by atoms with Crippen LogP contribution in [0.15, 0.2) is 30.3 Å². The van der Waals surface area contributed by atoms with Crippen molar-refractivity contribution in [2.24, 2.45) is 5.92 Å². The summed E-state index contributed by atoms with van der Waals surface area (Å²) in [6.45, 7) is 2.09. The molecule has 6 heteroatoms. The van der Waals surface area contributed by atoms with Gasteiger partial charge in [-0.05, 0) is 91.8 Å². The molecule has 1 nitrogen and oxygen atoms in total. The summed E-state index contributed by atoms with van der Waals surface area (Å²) in [5.41, 5.74) is 2.66. The molecule has 0 aliphatic heterocycles. The molecule has 0 N–H and O–H groups in total. The van der Waals surface area contributed by atoms with Gasteiger partial charge in [0.05, 0.1) is 0 Å². The highest BCUT2D eigenvalue weighted by Gasteiger charge is 2.31. The van der Waals surface area contributed by atoms with Gasteiger partial charge in [-0.1, -0.05) is 25.8 Å². The molecule has 30 heavy (non-hydrogen) atoms. The van der Waals surface area contributed by atoms with Crippen LogP contribution in [0.25, 0.3) is 0 Å². The van der Waals surface area contributed by atoms with Gasteiger partial charge < -0.3 is 4.74 Å². The summed E-state index contributed by atoms with van der Waals surface area (Å²) < 4.78 is 70.0. The van der Waals surface area contributed by atoms with E-state index in [1.54, 1.807) is 6.07 Å². The van der Waals surface area contributed by atoms with E-state index >= 15 is 0 Å². The summed E-state index contributed by atoms with van der Waals surface area (Å²) in [6.07, 6.45) is 2.07. The van der Waals surface area contributed by atoms with E-state index in [2.05, 4.69) is 11.7 Å². The van der Waals surface area contributed by atoms with Crippen molar-refractivity contribution in [2.75, 3.05) is 0 Å². The molecule has 0 aromatic heterocycles. The van der Waals surface area contributed by atoms with Crippen molar-refractivity contribution in [3.8, 4) is 5.75 Å². The third kappa shape index (κ3) is 6.19. The fraction of sp³-hybridized carbons (Fsp3) is 0.500. The van der Waals surface area contributed by atoms with E-state index < -0.39 is 18.0 Å². The van der Waals surface area contributed by atoms with Crippen LogP contribution in [-0.4, -0.2) is 6.36 Å². The van der Waals surface area contributed by atoms with Crippen molar-refractivity contribution in [1.82, 2.24) is 0 Å². The Labute approximate surface area is 174 Å². The molecule has 3 rings (SSSR count). The van der Waals surface area contributed by atoms with Gasteiger partial charge in [0.1, 0.15) is 17.4 Å². The van der Waals surface area contributed by atoms with E-state index in [0.717, 1.165) is 36.8 Å². The Kier molecular flexibility index (Phi) is 7.37. The summed E-state index contributed by atoms with van der Waals surface area (Å²) in [5, 5.41) is 0. The van der Waals surface area contributed by atoms with Gasteiger partial charge in [0, 0.05) is 5.56 Å². The topological polar surface area (TPSA) is 9.23 Å². The minimum atomic E-state index is -4.70. The minimum Gasteiger partial charge on any atom is -0.406 e. The SMILES string of the molecule is CCCCCc1cc(F)c(CCC2CCc3cc(OC(F)(F)F)ccc3C2)c(F)c1. The van der Waals surface area contributed by atoms with Gasteiger partial charge in [-0.3, -0.25) is 0 Å². The maximum absolute atomic E-state index is 14.4. The van der Waals surface area contributed by atoms with Crippen LogP contribution in [0, 0.1) is 17.6 Å². The average molecular weight is 426 g/mol. The number of halogens is 5. The molecule has 0 saturated heterocycles. The fourth-order valence-electron chi connectivity index (χ4n) is 4.22. The first-order chi connectivity index (χ1) is 14.2. The molecular weight excluding hydrogens is 399 g/mol. The molecule has 0 saturated carbocycles. The van der Waals surface area contributed by atoms with Gasteiger partial charge in [0.2, 0.25) is 0 Å². The zero-order valence-corrected chi connectivity index (χ0v) is 17.1. The number of rotatable bonds is 8. The fourth-order valence-corrected chi connectivity index (χ4v) is 4.22. The molecule has 0 bridgehead atoms. The first kappa shape index (κ1) is 22.6. The van der Waals surface area contributed by atoms with Crippen LogP contribution in [0.5, 0.6) is 5.75 Å². The number of hydrogen-bond donors (Lipinski definition) is 0. The van der Waals surface area contributed by atoms with E-state index in [9.17, 15) is 22.0 Å². The Balaban J connectivity index is 1.59. The molecule has 1 unspecified atom stereocenters. The van der Waals surface area contributed by atoms with Crippen molar-refractivity contribution in [3.05, 3.63) is 64.2 Å². The molecular formula is C24H27F5O. The van der Waals surface area contributed by atoms with Crippen molar-refractivity contribution in [1.29, 1.82) is 0 Å². The lowest BCUT2D eigenvalue weighted by Crippen LogP contribution is -2.19. The molecule has 1 aliphatic carbocycles. The number of hydrogen-bond acceptors (Lipinski definition) is 1. The van der Waals surface area contributed by atoms with Crippen molar-refractivity contribution in [2.45, 2.75) is 71.1 Å². The maximum Gasteiger partial charge on any atom is 0.573 e. The van der Waals surface area contributed by atoms with E-state index in [-0.39, 0.29) is 17.2 Å². The minimum absolute atomic E-state index is 0.133. The molecule has 0 radical (unpaired) electrons. The second-order valence-corrected chi connectivity index (χ2v) is 8.12. The third-order valence-corrected chi connectivity index (χ3v) is 5.81. The third-order valence-electron chi connectivity index (χ3n) is 5.81. The summed E-state index contributed by atoms with van der Waals surface area (Å²) in [6, 6.07) is 7.33. The van der Waals surface area contributed by atoms with E-state index in [4.69, 9.17) is 0 Å². The molecule has 164 valence electrons. The van der Waals surface area contributed by atoms with Gasteiger partial charge in [0.15, 0.2) is 0 Å². The first-order valence-corrected chi connectivity index (χ1v) is 10.6. The number of unbranched alkanes of at least 4 members (excludes halogenated alkanes) is 2. The van der Waals surface area contributed by atoms with Crippen LogP contribution in [-0.2, 0) is 25.7 Å².